The number of aromatic nitrogens is 4. The van der Waals surface area contributed by atoms with Gasteiger partial charge in [-0.15, -0.1) is 0 Å². The molecule has 4 rings (SSSR count). The van der Waals surface area contributed by atoms with Crippen LogP contribution in [0, 0.1) is 0 Å². The average Bonchev–Trinajstić information content (AvgIpc) is 3.21. The van der Waals surface area contributed by atoms with Crippen molar-refractivity contribution in [2.45, 2.75) is 57.9 Å². The van der Waals surface area contributed by atoms with Crippen LogP contribution < -0.4 is 5.32 Å². The molecule has 0 saturated carbocycles. The Balaban J connectivity index is 1.62. The lowest BCUT2D eigenvalue weighted by molar-refractivity contribution is 0.0814. The molecule has 1 amide bonds. The molecule has 1 aliphatic heterocycles. The van der Waals surface area contributed by atoms with E-state index in [4.69, 9.17) is 4.98 Å². The molecule has 1 saturated heterocycles. The van der Waals surface area contributed by atoms with Crippen molar-refractivity contribution in [1.82, 2.24) is 29.3 Å². The molecule has 0 aliphatic carbocycles. The number of carbonyl (C=O) groups is 1. The molecular weight excluding hydrogens is 426 g/mol. The van der Waals surface area contributed by atoms with Crippen molar-refractivity contribution in [1.29, 1.82) is 0 Å². The van der Waals surface area contributed by atoms with Crippen molar-refractivity contribution in [2.75, 3.05) is 39.5 Å². The maximum absolute atomic E-state index is 12.9. The molecule has 8 nitrogen and oxygen atoms in total. The number of hydrogen-bond acceptors (Lipinski definition) is 6. The second-order valence-electron chi connectivity index (χ2n) is 9.60. The Morgan fingerprint density at radius 3 is 2.56 bits per heavy atom. The highest BCUT2D eigenvalue weighted by Gasteiger charge is 2.23. The zero-order chi connectivity index (χ0) is 24.2. The van der Waals surface area contributed by atoms with Gasteiger partial charge in [-0.25, -0.2) is 9.97 Å². The number of nitrogens with one attached hydrogen (secondary N) is 1. The van der Waals surface area contributed by atoms with Gasteiger partial charge in [0.1, 0.15) is 17.2 Å². The summed E-state index contributed by atoms with van der Waals surface area (Å²) in [7, 11) is 5.74. The first-order chi connectivity index (χ1) is 16.4. The van der Waals surface area contributed by atoms with Crippen LogP contribution in [0.15, 0.2) is 30.6 Å². The lowest BCUT2D eigenvalue weighted by Gasteiger charge is -2.29. The van der Waals surface area contributed by atoms with Gasteiger partial charge in [0, 0.05) is 37.9 Å². The molecule has 3 aromatic rings. The van der Waals surface area contributed by atoms with Gasteiger partial charge in [-0.1, -0.05) is 26.3 Å². The topological polar surface area (TPSA) is 79.2 Å². The molecule has 182 valence electrons. The number of nitrogens with zero attached hydrogens (tertiary/aromatic N) is 6. The van der Waals surface area contributed by atoms with Crippen LogP contribution in [0.1, 0.15) is 74.0 Å². The van der Waals surface area contributed by atoms with Crippen LogP contribution in [0.2, 0.25) is 0 Å². The van der Waals surface area contributed by atoms with Crippen molar-refractivity contribution < 1.29 is 4.79 Å². The zero-order valence-corrected chi connectivity index (χ0v) is 21.1. The fourth-order valence-electron chi connectivity index (χ4n) is 4.86. The first-order valence-electron chi connectivity index (χ1n) is 12.4. The van der Waals surface area contributed by atoms with Crippen molar-refractivity contribution in [3.05, 3.63) is 41.9 Å². The molecule has 0 radical (unpaired) electrons. The highest BCUT2D eigenvalue weighted by molar-refractivity contribution is 5.97. The van der Waals surface area contributed by atoms with Crippen LogP contribution in [-0.2, 0) is 0 Å². The fourth-order valence-corrected chi connectivity index (χ4v) is 4.86. The molecule has 0 bridgehead atoms. The Kier molecular flexibility index (Phi) is 7.46. The highest BCUT2D eigenvalue weighted by atomic mass is 16.2. The predicted molar refractivity (Wildman–Crippen MR) is 137 cm³/mol. The fraction of sp³-hybridized carbons (Fsp3) is 0.538. The Bertz CT molecular complexity index is 1110. The van der Waals surface area contributed by atoms with Gasteiger partial charge in [-0.3, -0.25) is 4.79 Å². The molecule has 3 aromatic heterocycles. The second-order valence-corrected chi connectivity index (χ2v) is 9.60. The van der Waals surface area contributed by atoms with Gasteiger partial charge in [-0.05, 0) is 69.4 Å². The summed E-state index contributed by atoms with van der Waals surface area (Å²) >= 11 is 0. The number of hydrogen-bond donors (Lipinski definition) is 1. The summed E-state index contributed by atoms with van der Waals surface area (Å²) in [5.74, 6) is 1.76. The molecule has 1 atom stereocenters. The molecule has 0 spiro atoms. The van der Waals surface area contributed by atoms with Gasteiger partial charge in [-0.2, -0.15) is 4.98 Å². The van der Waals surface area contributed by atoms with Crippen LogP contribution in [-0.4, -0.2) is 69.5 Å². The normalized spacial score (nSPS) is 16.0. The van der Waals surface area contributed by atoms with E-state index in [1.807, 2.05) is 18.3 Å². The van der Waals surface area contributed by atoms with E-state index in [-0.39, 0.29) is 11.9 Å². The van der Waals surface area contributed by atoms with Crippen molar-refractivity contribution in [3.8, 4) is 0 Å². The third kappa shape index (κ3) is 5.06. The number of piperidine rings is 1. The van der Waals surface area contributed by atoms with Crippen molar-refractivity contribution in [3.63, 3.8) is 0 Å². The summed E-state index contributed by atoms with van der Waals surface area (Å²) in [6.45, 7) is 6.59. The molecule has 0 aromatic carbocycles. The van der Waals surface area contributed by atoms with Crippen LogP contribution in [0.25, 0.3) is 11.0 Å². The minimum absolute atomic E-state index is 0.0202. The average molecular weight is 464 g/mol. The van der Waals surface area contributed by atoms with Gasteiger partial charge in [0.2, 0.25) is 5.95 Å². The van der Waals surface area contributed by atoms with Crippen LogP contribution in [0.4, 0.5) is 11.8 Å². The minimum Gasteiger partial charge on any atom is -0.343 e. The Morgan fingerprint density at radius 1 is 1.18 bits per heavy atom. The van der Waals surface area contributed by atoms with E-state index in [1.54, 1.807) is 25.2 Å². The number of amides is 1. The predicted octanol–water partition coefficient (Wildman–Crippen LogP) is 4.83. The molecular formula is C26H37N7O. The molecule has 1 N–H and O–H groups in total. The van der Waals surface area contributed by atoms with E-state index >= 15 is 0 Å². The maximum atomic E-state index is 12.9. The van der Waals surface area contributed by atoms with Crippen LogP contribution in [0.3, 0.4) is 0 Å². The van der Waals surface area contributed by atoms with E-state index in [0.717, 1.165) is 49.2 Å². The third-order valence-electron chi connectivity index (χ3n) is 6.88. The van der Waals surface area contributed by atoms with E-state index in [2.05, 4.69) is 51.7 Å². The van der Waals surface area contributed by atoms with Crippen molar-refractivity contribution >= 4 is 28.7 Å². The number of pyridine rings is 1. The Morgan fingerprint density at radius 2 is 1.94 bits per heavy atom. The summed E-state index contributed by atoms with van der Waals surface area (Å²) in [5.41, 5.74) is 2.74. The van der Waals surface area contributed by atoms with Crippen LogP contribution in [0.5, 0.6) is 0 Å². The first kappa shape index (κ1) is 24.1. The van der Waals surface area contributed by atoms with E-state index in [0.29, 0.717) is 17.6 Å². The minimum atomic E-state index is -0.0202. The number of fused-ring (bicyclic) bond motifs is 1. The quantitative estimate of drug-likeness (QED) is 0.515. The lowest BCUT2D eigenvalue weighted by atomic mass is 9.91. The highest BCUT2D eigenvalue weighted by Crippen LogP contribution is 2.30. The van der Waals surface area contributed by atoms with Gasteiger partial charge < -0.3 is 19.7 Å². The van der Waals surface area contributed by atoms with Crippen molar-refractivity contribution in [2.24, 2.45) is 0 Å². The summed E-state index contributed by atoms with van der Waals surface area (Å²) in [6, 6.07) is 6.28. The summed E-state index contributed by atoms with van der Waals surface area (Å²) in [5, 5.41) is 4.13. The number of carbonyl (C=O) groups excluding carboxylic acids is 1. The number of rotatable bonds is 8. The molecule has 34 heavy (non-hydrogen) atoms. The van der Waals surface area contributed by atoms with E-state index in [9.17, 15) is 4.79 Å². The second kappa shape index (κ2) is 10.5. The van der Waals surface area contributed by atoms with E-state index in [1.165, 1.54) is 18.4 Å². The third-order valence-corrected chi connectivity index (χ3v) is 6.88. The van der Waals surface area contributed by atoms with E-state index < -0.39 is 0 Å². The standard InChI is InChI=1S/C26H37N7O/c1-6-8-21(7-2)33-22(25(34)31(3)4)15-20-17-28-26(30-24(20)33)29-23-10-9-19(16-27-23)18-11-13-32(5)14-12-18/h9-10,15-18,21H,6-8,11-14H2,1-5H3,(H,27,28,29,30). The van der Waals surface area contributed by atoms with Gasteiger partial charge in [0.25, 0.3) is 5.91 Å². The van der Waals surface area contributed by atoms with Gasteiger partial charge >= 0.3 is 0 Å². The SMILES string of the molecule is CCCC(CC)n1c(C(=O)N(C)C)cc2cnc(Nc3ccc(C4CCN(C)CC4)cn3)nc21. The largest absolute Gasteiger partial charge is 0.343 e. The smallest absolute Gasteiger partial charge is 0.270 e. The van der Waals surface area contributed by atoms with Crippen LogP contribution >= 0.6 is 0 Å². The number of anilines is 2. The zero-order valence-electron chi connectivity index (χ0n) is 21.1. The molecule has 1 aliphatic rings. The molecule has 4 heterocycles. The summed E-state index contributed by atoms with van der Waals surface area (Å²) < 4.78 is 2.10. The summed E-state index contributed by atoms with van der Waals surface area (Å²) in [4.78, 5) is 30.9. The monoisotopic (exact) mass is 463 g/mol. The first-order valence-corrected chi connectivity index (χ1v) is 12.4. The lowest BCUT2D eigenvalue weighted by Crippen LogP contribution is -2.29. The van der Waals surface area contributed by atoms with Gasteiger partial charge in [0.15, 0.2) is 0 Å². The molecule has 1 unspecified atom stereocenters. The number of likely N-dealkylation sites (tertiary alicyclic amines) is 1. The molecule has 1 fully saturated rings. The Labute approximate surface area is 202 Å². The summed E-state index contributed by atoms with van der Waals surface area (Å²) in [6.07, 6.45) is 9.06. The maximum Gasteiger partial charge on any atom is 0.270 e. The molecule has 8 heteroatoms. The van der Waals surface area contributed by atoms with Gasteiger partial charge in [0.05, 0.1) is 0 Å². The Hall–Kier alpha value is -3.00.